The summed E-state index contributed by atoms with van der Waals surface area (Å²) in [6.45, 7) is 0.230. The SMILES string of the molecule is CN(C)C(=O)Cn1c(=S)[nH]c2cc(Cl)ccc21. The lowest BCUT2D eigenvalue weighted by molar-refractivity contribution is -0.129. The van der Waals surface area contributed by atoms with Crippen molar-refractivity contribution in [3.63, 3.8) is 0 Å². The number of amides is 1. The zero-order valence-electron chi connectivity index (χ0n) is 9.53. The van der Waals surface area contributed by atoms with E-state index in [0.717, 1.165) is 11.0 Å². The molecule has 2 aromatic rings. The summed E-state index contributed by atoms with van der Waals surface area (Å²) in [5, 5.41) is 0.639. The molecule has 0 radical (unpaired) electrons. The van der Waals surface area contributed by atoms with Gasteiger partial charge in [-0.2, -0.15) is 0 Å². The molecule has 1 heterocycles. The molecule has 0 aliphatic heterocycles. The number of H-pyrrole nitrogens is 1. The van der Waals surface area contributed by atoms with Crippen molar-refractivity contribution in [2.75, 3.05) is 14.1 Å². The van der Waals surface area contributed by atoms with E-state index in [9.17, 15) is 4.79 Å². The van der Waals surface area contributed by atoms with Crippen molar-refractivity contribution in [3.8, 4) is 0 Å². The molecule has 1 aromatic heterocycles. The molecule has 0 unspecified atom stereocenters. The first-order valence-corrected chi connectivity index (χ1v) is 5.86. The van der Waals surface area contributed by atoms with Crippen LogP contribution in [-0.2, 0) is 11.3 Å². The van der Waals surface area contributed by atoms with E-state index in [1.807, 2.05) is 6.07 Å². The number of nitrogens with one attached hydrogen (secondary N) is 1. The minimum absolute atomic E-state index is 0.00282. The van der Waals surface area contributed by atoms with Crippen molar-refractivity contribution >= 4 is 40.8 Å². The van der Waals surface area contributed by atoms with Crippen LogP contribution in [0.15, 0.2) is 18.2 Å². The summed E-state index contributed by atoms with van der Waals surface area (Å²) in [7, 11) is 3.44. The molecule has 0 saturated heterocycles. The van der Waals surface area contributed by atoms with Gasteiger partial charge in [-0.1, -0.05) is 11.6 Å². The van der Waals surface area contributed by atoms with E-state index in [-0.39, 0.29) is 12.5 Å². The van der Waals surface area contributed by atoms with Crippen molar-refractivity contribution in [2.45, 2.75) is 6.54 Å². The minimum Gasteiger partial charge on any atom is -0.347 e. The highest BCUT2D eigenvalue weighted by molar-refractivity contribution is 7.71. The highest BCUT2D eigenvalue weighted by atomic mass is 35.5. The first kappa shape index (κ1) is 12.1. The van der Waals surface area contributed by atoms with E-state index in [4.69, 9.17) is 23.8 Å². The Balaban J connectivity index is 2.50. The third-order valence-corrected chi connectivity index (χ3v) is 3.09. The summed E-state index contributed by atoms with van der Waals surface area (Å²) in [6, 6.07) is 5.43. The lowest BCUT2D eigenvalue weighted by Crippen LogP contribution is -2.26. The number of rotatable bonds is 2. The molecule has 0 fully saturated rings. The number of hydrogen-bond acceptors (Lipinski definition) is 2. The molecule has 1 N–H and O–H groups in total. The fraction of sp³-hybridized carbons (Fsp3) is 0.273. The molecule has 2 rings (SSSR count). The lowest BCUT2D eigenvalue weighted by atomic mass is 10.3. The number of carbonyl (C=O) groups is 1. The third-order valence-electron chi connectivity index (χ3n) is 2.53. The number of benzene rings is 1. The summed E-state index contributed by atoms with van der Waals surface area (Å²) in [5.74, 6) is -0.00282. The van der Waals surface area contributed by atoms with Crippen molar-refractivity contribution < 1.29 is 4.79 Å². The largest absolute Gasteiger partial charge is 0.347 e. The third kappa shape index (κ3) is 2.35. The Morgan fingerprint density at radius 2 is 2.24 bits per heavy atom. The fourth-order valence-electron chi connectivity index (χ4n) is 1.57. The van der Waals surface area contributed by atoms with E-state index in [0.29, 0.717) is 9.79 Å². The van der Waals surface area contributed by atoms with E-state index < -0.39 is 0 Å². The molecule has 0 spiro atoms. The molecule has 0 atom stereocenters. The van der Waals surface area contributed by atoms with Gasteiger partial charge in [0.15, 0.2) is 4.77 Å². The molecular weight excluding hydrogens is 258 g/mol. The van der Waals surface area contributed by atoms with Gasteiger partial charge in [-0.25, -0.2) is 0 Å². The predicted octanol–water partition coefficient (Wildman–Crippen LogP) is 2.44. The summed E-state index contributed by atoms with van der Waals surface area (Å²) in [6.07, 6.45) is 0. The molecule has 0 aliphatic rings. The smallest absolute Gasteiger partial charge is 0.242 e. The number of halogens is 1. The van der Waals surface area contributed by atoms with Gasteiger partial charge in [-0.15, -0.1) is 0 Å². The predicted molar refractivity (Wildman–Crippen MR) is 70.8 cm³/mol. The second-order valence-corrected chi connectivity index (χ2v) is 4.79. The van der Waals surface area contributed by atoms with Gasteiger partial charge in [0, 0.05) is 19.1 Å². The van der Waals surface area contributed by atoms with Crippen LogP contribution < -0.4 is 0 Å². The van der Waals surface area contributed by atoms with Gasteiger partial charge in [0.2, 0.25) is 5.91 Å². The molecule has 0 bridgehead atoms. The molecule has 17 heavy (non-hydrogen) atoms. The van der Waals surface area contributed by atoms with Gasteiger partial charge in [0.05, 0.1) is 11.0 Å². The van der Waals surface area contributed by atoms with E-state index in [1.54, 1.807) is 30.8 Å². The highest BCUT2D eigenvalue weighted by Crippen LogP contribution is 2.19. The summed E-state index contributed by atoms with van der Waals surface area (Å²) >= 11 is 11.1. The number of fused-ring (bicyclic) bond motifs is 1. The standard InChI is InChI=1S/C11H12ClN3OS/c1-14(2)10(16)6-15-9-4-3-7(12)5-8(9)13-11(15)17/h3-5H,6H2,1-2H3,(H,13,17). The van der Waals surface area contributed by atoms with Gasteiger partial charge < -0.3 is 14.5 Å². The maximum Gasteiger partial charge on any atom is 0.242 e. The average Bonchev–Trinajstić information content (AvgIpc) is 2.54. The first-order chi connectivity index (χ1) is 7.99. The van der Waals surface area contributed by atoms with Crippen LogP contribution in [0, 0.1) is 4.77 Å². The minimum atomic E-state index is -0.00282. The molecule has 0 saturated carbocycles. The van der Waals surface area contributed by atoms with E-state index >= 15 is 0 Å². The van der Waals surface area contributed by atoms with Crippen LogP contribution >= 0.6 is 23.8 Å². The molecule has 4 nitrogen and oxygen atoms in total. The van der Waals surface area contributed by atoms with Gasteiger partial charge in [-0.3, -0.25) is 4.79 Å². The Morgan fingerprint density at radius 1 is 1.53 bits per heavy atom. The normalized spacial score (nSPS) is 10.8. The van der Waals surface area contributed by atoms with Crippen LogP contribution in [0.25, 0.3) is 11.0 Å². The molecule has 1 amide bonds. The van der Waals surface area contributed by atoms with Crippen LogP contribution in [0.3, 0.4) is 0 Å². The van der Waals surface area contributed by atoms with Crippen molar-refractivity contribution in [1.82, 2.24) is 14.5 Å². The Labute approximate surface area is 109 Å². The molecule has 0 aliphatic carbocycles. The number of aromatic amines is 1. The van der Waals surface area contributed by atoms with Gasteiger partial charge in [0.25, 0.3) is 0 Å². The molecule has 90 valence electrons. The summed E-state index contributed by atoms with van der Waals surface area (Å²) in [4.78, 5) is 16.3. The Morgan fingerprint density at radius 3 is 2.88 bits per heavy atom. The second kappa shape index (κ2) is 4.50. The molecule has 1 aromatic carbocycles. The topological polar surface area (TPSA) is 41.0 Å². The Hall–Kier alpha value is -1.33. The van der Waals surface area contributed by atoms with Gasteiger partial charge in [-0.05, 0) is 30.4 Å². The zero-order chi connectivity index (χ0) is 12.6. The lowest BCUT2D eigenvalue weighted by Gasteiger charge is -2.11. The fourth-order valence-corrected chi connectivity index (χ4v) is 2.01. The average molecular weight is 270 g/mol. The van der Waals surface area contributed by atoms with Crippen LogP contribution in [0.5, 0.6) is 0 Å². The van der Waals surface area contributed by atoms with Crippen LogP contribution in [-0.4, -0.2) is 34.5 Å². The number of aromatic nitrogens is 2. The van der Waals surface area contributed by atoms with Crippen molar-refractivity contribution in [2.24, 2.45) is 0 Å². The Bertz CT molecular complexity index is 629. The quantitative estimate of drug-likeness (QED) is 0.851. The van der Waals surface area contributed by atoms with Crippen LogP contribution in [0.2, 0.25) is 5.02 Å². The van der Waals surface area contributed by atoms with E-state index in [2.05, 4.69) is 4.98 Å². The Kier molecular flexibility index (Phi) is 3.22. The van der Waals surface area contributed by atoms with Crippen LogP contribution in [0.1, 0.15) is 0 Å². The van der Waals surface area contributed by atoms with Crippen molar-refractivity contribution in [1.29, 1.82) is 0 Å². The number of hydrogen-bond donors (Lipinski definition) is 1. The maximum absolute atomic E-state index is 11.7. The molecule has 6 heteroatoms. The number of imidazole rings is 1. The summed E-state index contributed by atoms with van der Waals surface area (Å²) < 4.78 is 2.29. The first-order valence-electron chi connectivity index (χ1n) is 5.07. The zero-order valence-corrected chi connectivity index (χ0v) is 11.1. The van der Waals surface area contributed by atoms with Gasteiger partial charge >= 0.3 is 0 Å². The maximum atomic E-state index is 11.7. The number of likely N-dealkylation sites (N-methyl/N-ethyl adjacent to an activating group) is 1. The summed E-state index contributed by atoms with van der Waals surface area (Å²) in [5.41, 5.74) is 1.73. The van der Waals surface area contributed by atoms with Crippen LogP contribution in [0.4, 0.5) is 0 Å². The van der Waals surface area contributed by atoms with Crippen molar-refractivity contribution in [3.05, 3.63) is 28.0 Å². The van der Waals surface area contributed by atoms with Gasteiger partial charge in [0.1, 0.15) is 6.54 Å². The highest BCUT2D eigenvalue weighted by Gasteiger charge is 2.10. The number of nitrogens with zero attached hydrogens (tertiary/aromatic N) is 2. The van der Waals surface area contributed by atoms with E-state index in [1.165, 1.54) is 4.90 Å². The number of carbonyl (C=O) groups excluding carboxylic acids is 1. The second-order valence-electron chi connectivity index (χ2n) is 3.97. The molecular formula is C11H12ClN3OS. The monoisotopic (exact) mass is 269 g/mol.